The minimum Gasteiger partial charge on any atom is -0.493 e. The van der Waals surface area contributed by atoms with E-state index in [0.717, 1.165) is 5.56 Å². The maximum Gasteiger partial charge on any atom is 0.337 e. The van der Waals surface area contributed by atoms with Gasteiger partial charge in [-0.3, -0.25) is 14.9 Å². The highest BCUT2D eigenvalue weighted by Gasteiger charge is 2.32. The first-order valence-electron chi connectivity index (χ1n) is 12.9. The first-order valence-corrected chi connectivity index (χ1v) is 12.9. The van der Waals surface area contributed by atoms with Crippen LogP contribution in [0, 0.1) is 24.0 Å². The number of nitrogens with one attached hydrogen (secondary N) is 3. The molecule has 43 heavy (non-hydrogen) atoms. The molecule has 0 radical (unpaired) electrons. The number of nitro benzene ring substituents is 1. The van der Waals surface area contributed by atoms with E-state index in [0.29, 0.717) is 33.9 Å². The normalized spacial score (nSPS) is 14.6. The van der Waals surface area contributed by atoms with Crippen LogP contribution in [0.5, 0.6) is 11.5 Å². The highest BCUT2D eigenvalue weighted by molar-refractivity contribution is 5.95. The number of hydrazone groups is 1. The van der Waals surface area contributed by atoms with E-state index >= 15 is 0 Å². The molecule has 1 atom stereocenters. The molecule has 0 fully saturated rings. The van der Waals surface area contributed by atoms with Crippen molar-refractivity contribution >= 4 is 29.8 Å². The van der Waals surface area contributed by atoms with Gasteiger partial charge in [0.1, 0.15) is 11.5 Å². The van der Waals surface area contributed by atoms with E-state index in [4.69, 9.17) is 18.6 Å². The lowest BCUT2D eigenvalue weighted by Crippen LogP contribution is -2.45. The highest BCUT2D eigenvalue weighted by Crippen LogP contribution is 2.35. The molecule has 3 N–H and O–H groups in total. The zero-order valence-corrected chi connectivity index (χ0v) is 24.0. The van der Waals surface area contributed by atoms with Crippen LogP contribution in [-0.4, -0.2) is 49.9 Å². The van der Waals surface area contributed by atoms with Crippen molar-refractivity contribution in [2.24, 2.45) is 5.10 Å². The molecular formula is C29H29N5O9. The number of amides is 3. The molecule has 1 aliphatic heterocycles. The van der Waals surface area contributed by atoms with Crippen LogP contribution in [0.25, 0.3) is 11.3 Å². The van der Waals surface area contributed by atoms with E-state index in [1.54, 1.807) is 57.2 Å². The number of rotatable bonds is 10. The first-order chi connectivity index (χ1) is 20.5. The van der Waals surface area contributed by atoms with Gasteiger partial charge in [0, 0.05) is 22.9 Å². The van der Waals surface area contributed by atoms with Crippen molar-refractivity contribution in [1.29, 1.82) is 0 Å². The van der Waals surface area contributed by atoms with Gasteiger partial charge in [0.2, 0.25) is 0 Å². The van der Waals surface area contributed by atoms with Gasteiger partial charge in [-0.1, -0.05) is 6.07 Å². The van der Waals surface area contributed by atoms with Crippen LogP contribution < -0.4 is 25.5 Å². The number of allylic oxidation sites excluding steroid dienone is 1. The van der Waals surface area contributed by atoms with Crippen LogP contribution in [-0.2, 0) is 14.3 Å². The molecule has 2 heterocycles. The third kappa shape index (κ3) is 6.81. The van der Waals surface area contributed by atoms with E-state index in [1.807, 2.05) is 0 Å². The van der Waals surface area contributed by atoms with E-state index in [-0.39, 0.29) is 22.8 Å². The predicted molar refractivity (Wildman–Crippen MR) is 154 cm³/mol. The number of hydrogen-bond acceptors (Lipinski definition) is 10. The molecule has 2 aromatic carbocycles. The number of hydrogen-bond donors (Lipinski definition) is 3. The van der Waals surface area contributed by atoms with Gasteiger partial charge < -0.3 is 29.3 Å². The number of furan rings is 1. The topological polar surface area (TPSA) is 184 Å². The molecule has 14 nitrogen and oxygen atoms in total. The molecule has 14 heteroatoms. The SMILES string of the molecule is COC(=O)C1=C(C)NC(=O)N[C@H]1c1ccc(OCC(=O)N/N=C\c2ccc(-c3cc(C)c(C)c([N+](=O)[O-])c3)o2)c(OC)c1. The second-order valence-corrected chi connectivity index (χ2v) is 9.45. The molecule has 0 unspecified atom stereocenters. The minimum absolute atomic E-state index is 0.00363. The van der Waals surface area contributed by atoms with Crippen molar-refractivity contribution < 1.29 is 37.9 Å². The fourth-order valence-electron chi connectivity index (χ4n) is 4.40. The van der Waals surface area contributed by atoms with E-state index < -0.39 is 35.5 Å². The zero-order chi connectivity index (χ0) is 31.3. The van der Waals surface area contributed by atoms with Crippen LogP contribution in [0.15, 0.2) is 63.3 Å². The number of nitrogens with zero attached hydrogens (tertiary/aromatic N) is 2. The summed E-state index contributed by atoms with van der Waals surface area (Å²) in [4.78, 5) is 47.7. The number of urea groups is 1. The molecule has 0 spiro atoms. The summed E-state index contributed by atoms with van der Waals surface area (Å²) < 4.78 is 21.6. The summed E-state index contributed by atoms with van der Waals surface area (Å²) in [5.74, 6) is 0.0473. The minimum atomic E-state index is -0.797. The molecule has 1 aliphatic rings. The standard InChI is InChI=1S/C29H29N5O9/c1-15-10-19(11-21(16(15)2)34(38)39)22-9-7-20(43-22)13-30-33-25(35)14-42-23-8-6-18(12-24(23)40-4)27-26(28(36)41-5)17(3)31-29(37)32-27/h6-13,27H,14H2,1-5H3,(H,33,35)(H2,31,32,37)/b30-13-/t27-/m0/s1. The Bertz CT molecular complexity index is 1660. The molecule has 4 rings (SSSR count). The molecule has 224 valence electrons. The van der Waals surface area contributed by atoms with Gasteiger partial charge in [0.05, 0.1) is 37.0 Å². The first kappa shape index (κ1) is 30.3. The Morgan fingerprint density at radius 2 is 1.88 bits per heavy atom. The Balaban J connectivity index is 1.39. The van der Waals surface area contributed by atoms with Gasteiger partial charge in [0.25, 0.3) is 11.6 Å². The molecule has 0 saturated heterocycles. The number of aryl methyl sites for hydroxylation is 1. The van der Waals surface area contributed by atoms with Crippen molar-refractivity contribution in [3.8, 4) is 22.8 Å². The Labute approximate surface area is 245 Å². The third-order valence-electron chi connectivity index (χ3n) is 6.68. The van der Waals surface area contributed by atoms with Crippen LogP contribution in [0.3, 0.4) is 0 Å². The van der Waals surface area contributed by atoms with E-state index in [9.17, 15) is 24.5 Å². The third-order valence-corrected chi connectivity index (χ3v) is 6.68. The Morgan fingerprint density at radius 1 is 1.12 bits per heavy atom. The van der Waals surface area contributed by atoms with Crippen molar-refractivity contribution in [3.63, 3.8) is 0 Å². The van der Waals surface area contributed by atoms with E-state index in [1.165, 1.54) is 26.5 Å². The number of esters is 1. The lowest BCUT2D eigenvalue weighted by atomic mass is 9.95. The second kappa shape index (κ2) is 12.9. The average Bonchev–Trinajstić information content (AvgIpc) is 3.45. The van der Waals surface area contributed by atoms with Gasteiger partial charge in [-0.25, -0.2) is 15.0 Å². The molecule has 3 aromatic rings. The van der Waals surface area contributed by atoms with Crippen LogP contribution >= 0.6 is 0 Å². The quantitative estimate of drug-likeness (QED) is 0.137. The summed E-state index contributed by atoms with van der Waals surface area (Å²) in [5, 5.41) is 20.5. The zero-order valence-electron chi connectivity index (χ0n) is 24.0. The Kier molecular flexibility index (Phi) is 9.08. The maximum atomic E-state index is 12.4. The van der Waals surface area contributed by atoms with Gasteiger partial charge in [-0.2, -0.15) is 5.10 Å². The summed E-state index contributed by atoms with van der Waals surface area (Å²) in [6, 6.07) is 9.97. The Morgan fingerprint density at radius 3 is 2.58 bits per heavy atom. The number of benzene rings is 2. The van der Waals surface area contributed by atoms with Gasteiger partial charge in [-0.15, -0.1) is 0 Å². The summed E-state index contributed by atoms with van der Waals surface area (Å²) >= 11 is 0. The molecular weight excluding hydrogens is 562 g/mol. The highest BCUT2D eigenvalue weighted by atomic mass is 16.6. The average molecular weight is 592 g/mol. The lowest BCUT2D eigenvalue weighted by molar-refractivity contribution is -0.385. The largest absolute Gasteiger partial charge is 0.493 e. The van der Waals surface area contributed by atoms with Crippen LogP contribution in [0.1, 0.15) is 35.4 Å². The van der Waals surface area contributed by atoms with Crippen molar-refractivity contribution in [3.05, 3.63) is 86.3 Å². The summed E-state index contributed by atoms with van der Waals surface area (Å²) in [6.07, 6.45) is 1.29. The van der Waals surface area contributed by atoms with Crippen LogP contribution in [0.4, 0.5) is 10.5 Å². The van der Waals surface area contributed by atoms with Crippen molar-refractivity contribution in [1.82, 2.24) is 16.1 Å². The van der Waals surface area contributed by atoms with Crippen molar-refractivity contribution in [2.45, 2.75) is 26.8 Å². The smallest absolute Gasteiger partial charge is 0.337 e. The van der Waals surface area contributed by atoms with E-state index in [2.05, 4.69) is 21.2 Å². The molecule has 0 saturated carbocycles. The molecule has 3 amide bonds. The number of ether oxygens (including phenoxy) is 3. The van der Waals surface area contributed by atoms with Gasteiger partial charge in [0.15, 0.2) is 18.1 Å². The number of methoxy groups -OCH3 is 2. The Hall–Kier alpha value is -5.66. The molecule has 1 aromatic heterocycles. The number of carbonyl (C=O) groups excluding carboxylic acids is 3. The number of nitro groups is 1. The number of carbonyl (C=O) groups is 3. The van der Waals surface area contributed by atoms with Crippen molar-refractivity contribution in [2.75, 3.05) is 20.8 Å². The fourth-order valence-corrected chi connectivity index (χ4v) is 4.40. The van der Waals surface area contributed by atoms with Gasteiger partial charge in [-0.05, 0) is 62.2 Å². The van der Waals surface area contributed by atoms with Crippen LogP contribution in [0.2, 0.25) is 0 Å². The summed E-state index contributed by atoms with van der Waals surface area (Å²) in [5.41, 5.74) is 5.32. The summed E-state index contributed by atoms with van der Waals surface area (Å²) in [6.45, 7) is 4.66. The second-order valence-electron chi connectivity index (χ2n) is 9.45. The monoisotopic (exact) mass is 591 g/mol. The predicted octanol–water partition coefficient (Wildman–Crippen LogP) is 3.81. The molecule has 0 aliphatic carbocycles. The lowest BCUT2D eigenvalue weighted by Gasteiger charge is -2.28. The molecule has 0 bridgehead atoms. The summed E-state index contributed by atoms with van der Waals surface area (Å²) in [7, 11) is 2.66. The fraction of sp³-hybridized carbons (Fsp3) is 0.241. The van der Waals surface area contributed by atoms with Gasteiger partial charge >= 0.3 is 12.0 Å². The maximum absolute atomic E-state index is 12.4.